The van der Waals surface area contributed by atoms with Crippen molar-refractivity contribution in [3.8, 4) is 0 Å². The van der Waals surface area contributed by atoms with E-state index in [0.717, 1.165) is 17.7 Å². The summed E-state index contributed by atoms with van der Waals surface area (Å²) in [4.78, 5) is 11.1. The number of rotatable bonds is 2. The van der Waals surface area contributed by atoms with E-state index < -0.39 is 0 Å². The predicted molar refractivity (Wildman–Crippen MR) is 90.9 cm³/mol. The summed E-state index contributed by atoms with van der Waals surface area (Å²) >= 11 is 6.15. The maximum Gasteiger partial charge on any atom is 0.274 e. The first kappa shape index (κ1) is 14.3. The van der Waals surface area contributed by atoms with Crippen LogP contribution in [0.15, 0.2) is 54.6 Å². The van der Waals surface area contributed by atoms with Crippen LogP contribution in [0, 0.1) is 16.0 Å². The molecule has 2 aromatic carbocycles. The van der Waals surface area contributed by atoms with Gasteiger partial charge in [-0.3, -0.25) is 10.1 Å². The Bertz CT molecular complexity index is 818. The third-order valence-electron chi connectivity index (χ3n) is 4.79. The van der Waals surface area contributed by atoms with Crippen LogP contribution >= 0.6 is 11.6 Å². The number of nitro benzene ring substituents is 1. The highest BCUT2D eigenvalue weighted by Crippen LogP contribution is 2.51. The van der Waals surface area contributed by atoms with Gasteiger partial charge in [-0.2, -0.15) is 0 Å². The maximum absolute atomic E-state index is 11.4. The molecule has 0 saturated heterocycles. The molecule has 0 saturated carbocycles. The second-order valence-corrected chi connectivity index (χ2v) is 6.46. The van der Waals surface area contributed by atoms with Crippen LogP contribution in [0.5, 0.6) is 0 Å². The molecule has 2 aromatic rings. The molecule has 1 aliphatic heterocycles. The number of hydrogen-bond donors (Lipinski definition) is 1. The Hall–Kier alpha value is -2.33. The summed E-state index contributed by atoms with van der Waals surface area (Å²) in [5, 5.41) is 15.6. The molecular weight excluding hydrogens is 312 g/mol. The molecule has 0 radical (unpaired) electrons. The SMILES string of the molecule is O=[N+]([O-])c1ccccc1C1Nc2ccc(Cl)cc2C2C=CCC21. The quantitative estimate of drug-likeness (QED) is 0.476. The molecule has 0 bridgehead atoms. The van der Waals surface area contributed by atoms with Gasteiger partial charge >= 0.3 is 0 Å². The van der Waals surface area contributed by atoms with Crippen LogP contribution in [0.2, 0.25) is 5.02 Å². The Balaban J connectivity index is 1.83. The minimum absolute atomic E-state index is 0.0784. The first-order chi connectivity index (χ1) is 11.1. The van der Waals surface area contributed by atoms with Gasteiger partial charge in [0.2, 0.25) is 0 Å². The summed E-state index contributed by atoms with van der Waals surface area (Å²) in [5.41, 5.74) is 3.10. The Morgan fingerprint density at radius 1 is 1.17 bits per heavy atom. The molecule has 1 aliphatic carbocycles. The van der Waals surface area contributed by atoms with E-state index in [2.05, 4.69) is 17.5 Å². The molecule has 0 fully saturated rings. The lowest BCUT2D eigenvalue weighted by Crippen LogP contribution is -2.29. The van der Waals surface area contributed by atoms with Crippen molar-refractivity contribution in [2.24, 2.45) is 5.92 Å². The lowest BCUT2D eigenvalue weighted by Gasteiger charge is -2.37. The van der Waals surface area contributed by atoms with Gasteiger partial charge in [-0.05, 0) is 36.1 Å². The van der Waals surface area contributed by atoms with Crippen molar-refractivity contribution in [1.82, 2.24) is 0 Å². The number of halogens is 1. The highest BCUT2D eigenvalue weighted by atomic mass is 35.5. The minimum atomic E-state index is -0.300. The first-order valence-electron chi connectivity index (χ1n) is 7.61. The van der Waals surface area contributed by atoms with Crippen LogP contribution in [0.3, 0.4) is 0 Å². The minimum Gasteiger partial charge on any atom is -0.377 e. The van der Waals surface area contributed by atoms with E-state index in [1.165, 1.54) is 5.56 Å². The summed E-state index contributed by atoms with van der Waals surface area (Å²) in [5.74, 6) is 0.511. The molecule has 5 heteroatoms. The summed E-state index contributed by atoms with van der Waals surface area (Å²) in [6.45, 7) is 0. The number of benzene rings is 2. The van der Waals surface area contributed by atoms with E-state index in [4.69, 9.17) is 11.6 Å². The molecule has 4 rings (SSSR count). The lowest BCUT2D eigenvalue weighted by molar-refractivity contribution is -0.385. The summed E-state index contributed by atoms with van der Waals surface area (Å²) in [7, 11) is 0. The van der Waals surface area contributed by atoms with E-state index in [1.54, 1.807) is 12.1 Å². The van der Waals surface area contributed by atoms with E-state index in [0.29, 0.717) is 5.02 Å². The Morgan fingerprint density at radius 2 is 2.00 bits per heavy atom. The number of nitro groups is 1. The number of nitrogens with zero attached hydrogens (tertiary/aromatic N) is 1. The third kappa shape index (κ3) is 2.30. The maximum atomic E-state index is 11.4. The number of allylic oxidation sites excluding steroid dienone is 2. The number of anilines is 1. The molecule has 0 amide bonds. The molecule has 0 spiro atoms. The molecule has 1 heterocycles. The second-order valence-electron chi connectivity index (χ2n) is 6.02. The van der Waals surface area contributed by atoms with E-state index in [1.807, 2.05) is 30.3 Å². The molecule has 3 unspecified atom stereocenters. The fraction of sp³-hybridized carbons (Fsp3) is 0.222. The normalized spacial score (nSPS) is 24.7. The van der Waals surface area contributed by atoms with Crippen molar-refractivity contribution in [3.63, 3.8) is 0 Å². The number of para-hydroxylation sites is 1. The van der Waals surface area contributed by atoms with Crippen molar-refractivity contribution in [1.29, 1.82) is 0 Å². The largest absolute Gasteiger partial charge is 0.377 e. The van der Waals surface area contributed by atoms with Crippen molar-refractivity contribution < 1.29 is 4.92 Å². The van der Waals surface area contributed by atoms with Crippen molar-refractivity contribution in [2.45, 2.75) is 18.4 Å². The van der Waals surface area contributed by atoms with Gasteiger partial charge < -0.3 is 5.32 Å². The smallest absolute Gasteiger partial charge is 0.274 e. The van der Waals surface area contributed by atoms with Crippen LogP contribution in [-0.2, 0) is 0 Å². The first-order valence-corrected chi connectivity index (χ1v) is 7.99. The summed E-state index contributed by atoms with van der Waals surface area (Å²) in [6.07, 6.45) is 5.26. The van der Waals surface area contributed by atoms with Crippen LogP contribution in [0.1, 0.15) is 29.5 Å². The zero-order valence-corrected chi connectivity index (χ0v) is 13.0. The zero-order valence-electron chi connectivity index (χ0n) is 12.3. The molecule has 3 atom stereocenters. The van der Waals surface area contributed by atoms with Crippen LogP contribution in [0.4, 0.5) is 11.4 Å². The highest BCUT2D eigenvalue weighted by Gasteiger charge is 2.40. The Morgan fingerprint density at radius 3 is 2.83 bits per heavy atom. The van der Waals surface area contributed by atoms with Crippen LogP contribution in [0.25, 0.3) is 0 Å². The van der Waals surface area contributed by atoms with Crippen LogP contribution in [-0.4, -0.2) is 4.92 Å². The van der Waals surface area contributed by atoms with Crippen molar-refractivity contribution >= 4 is 23.0 Å². The number of hydrogen-bond acceptors (Lipinski definition) is 3. The van der Waals surface area contributed by atoms with Crippen LogP contribution < -0.4 is 5.32 Å². The summed E-state index contributed by atoms with van der Waals surface area (Å²) < 4.78 is 0. The van der Waals surface area contributed by atoms with Crippen molar-refractivity contribution in [2.75, 3.05) is 5.32 Å². The Kier molecular flexibility index (Phi) is 3.34. The molecule has 0 aromatic heterocycles. The molecule has 1 N–H and O–H groups in total. The third-order valence-corrected chi connectivity index (χ3v) is 5.03. The van der Waals surface area contributed by atoms with Gasteiger partial charge in [0.05, 0.1) is 16.5 Å². The van der Waals surface area contributed by atoms with E-state index in [-0.39, 0.29) is 28.5 Å². The molecular formula is C18H15ClN2O2. The zero-order chi connectivity index (χ0) is 16.0. The number of fused-ring (bicyclic) bond motifs is 3. The second kappa shape index (κ2) is 5.39. The fourth-order valence-corrected chi connectivity index (χ4v) is 3.97. The number of nitrogens with one attached hydrogen (secondary N) is 1. The lowest BCUT2D eigenvalue weighted by atomic mass is 9.76. The van der Waals surface area contributed by atoms with Gasteiger partial charge in [0.1, 0.15) is 0 Å². The van der Waals surface area contributed by atoms with Crippen molar-refractivity contribution in [3.05, 3.63) is 80.9 Å². The highest BCUT2D eigenvalue weighted by molar-refractivity contribution is 6.30. The monoisotopic (exact) mass is 326 g/mol. The standard InChI is InChI=1S/C18H15ClN2O2/c19-11-8-9-16-15(10-11)12-5-3-6-13(12)18(20-16)14-4-1-2-7-17(14)21(22)23/h1-5,7-10,12-13,18,20H,6H2. The molecule has 4 nitrogen and oxygen atoms in total. The average Bonchev–Trinajstić information content (AvgIpc) is 3.04. The Labute approximate surface area is 138 Å². The molecule has 2 aliphatic rings. The molecule has 116 valence electrons. The molecule has 23 heavy (non-hydrogen) atoms. The topological polar surface area (TPSA) is 55.2 Å². The van der Waals surface area contributed by atoms with Gasteiger partial charge in [-0.25, -0.2) is 0 Å². The predicted octanol–water partition coefficient (Wildman–Crippen LogP) is 5.07. The average molecular weight is 327 g/mol. The van der Waals surface area contributed by atoms with Gasteiger partial charge in [-0.15, -0.1) is 0 Å². The van der Waals surface area contributed by atoms with E-state index in [9.17, 15) is 10.1 Å². The van der Waals surface area contributed by atoms with Gasteiger partial charge in [0.25, 0.3) is 5.69 Å². The fourth-order valence-electron chi connectivity index (χ4n) is 3.79. The summed E-state index contributed by atoms with van der Waals surface area (Å²) in [6, 6.07) is 12.7. The van der Waals surface area contributed by atoms with E-state index >= 15 is 0 Å². The van der Waals surface area contributed by atoms with Gasteiger partial charge in [-0.1, -0.05) is 42.0 Å². The van der Waals surface area contributed by atoms with Gasteiger partial charge in [0.15, 0.2) is 0 Å². The van der Waals surface area contributed by atoms with Gasteiger partial charge in [0, 0.05) is 22.7 Å².